The lowest BCUT2D eigenvalue weighted by molar-refractivity contribution is -0.138. The Balaban J connectivity index is 2.43. The highest BCUT2D eigenvalue weighted by Crippen LogP contribution is 2.32. The van der Waals surface area contributed by atoms with Crippen LogP contribution in [-0.4, -0.2) is 11.1 Å². The molecule has 1 unspecified atom stereocenters. The first kappa shape index (κ1) is 13.7. The van der Waals surface area contributed by atoms with Crippen molar-refractivity contribution >= 4 is 31.0 Å². The van der Waals surface area contributed by atoms with E-state index < -0.39 is 12.0 Å². The van der Waals surface area contributed by atoms with Crippen LogP contribution in [0.2, 0.25) is 0 Å². The maximum atomic E-state index is 11.6. The molecule has 0 heterocycles. The maximum absolute atomic E-state index is 11.6. The summed E-state index contributed by atoms with van der Waals surface area (Å²) in [6.07, 6.45) is 0. The van der Waals surface area contributed by atoms with Gasteiger partial charge >= 0.3 is 5.97 Å². The summed E-state index contributed by atoms with van der Waals surface area (Å²) in [6.45, 7) is 0. The average molecular weight is 289 g/mol. The van der Waals surface area contributed by atoms with E-state index in [9.17, 15) is 9.90 Å². The minimum Gasteiger partial charge on any atom is -0.479 e. The van der Waals surface area contributed by atoms with E-state index in [1.807, 2.05) is 48.5 Å². The van der Waals surface area contributed by atoms with Crippen molar-refractivity contribution in [3.05, 3.63) is 66.2 Å². The van der Waals surface area contributed by atoms with Gasteiger partial charge in [0, 0.05) is 5.69 Å². The van der Waals surface area contributed by atoms with Gasteiger partial charge in [0.25, 0.3) is 0 Å². The second-order valence-corrected chi connectivity index (χ2v) is 5.00. The van der Waals surface area contributed by atoms with E-state index in [4.69, 9.17) is 11.8 Å². The Morgan fingerprint density at radius 3 is 2.05 bits per heavy atom. The molecule has 0 spiro atoms. The van der Waals surface area contributed by atoms with Gasteiger partial charge in [-0.2, -0.15) is 0 Å². The quantitative estimate of drug-likeness (QED) is 0.853. The molecule has 1 N–H and O–H groups in total. The van der Waals surface area contributed by atoms with Crippen LogP contribution in [0, 0.1) is 0 Å². The monoisotopic (exact) mass is 289 g/mol. The number of para-hydroxylation sites is 1. The summed E-state index contributed by atoms with van der Waals surface area (Å²) >= 11 is 5.09. The minimum absolute atomic E-state index is 0.475. The van der Waals surface area contributed by atoms with Crippen molar-refractivity contribution in [3.8, 4) is 0 Å². The molecule has 0 amide bonds. The third-order valence-electron chi connectivity index (χ3n) is 2.70. The second kappa shape index (κ2) is 6.41. The summed E-state index contributed by atoms with van der Waals surface area (Å²) in [5.41, 5.74) is 1.52. The highest BCUT2D eigenvalue weighted by atomic mass is 32.4. The SMILES string of the molecule is O=C(O)C(c1ccccc1)N(P=S)c1ccccc1. The number of nitrogens with zero attached hydrogens (tertiary/aromatic N) is 1. The number of anilines is 1. The number of carboxylic acid groups (broad SMARTS) is 1. The second-order valence-electron chi connectivity index (χ2n) is 3.91. The lowest BCUT2D eigenvalue weighted by atomic mass is 10.1. The fourth-order valence-corrected chi connectivity index (χ4v) is 2.97. The van der Waals surface area contributed by atoms with Gasteiger partial charge in [-0.25, -0.2) is 4.79 Å². The first-order valence-electron chi connectivity index (χ1n) is 5.69. The van der Waals surface area contributed by atoms with E-state index >= 15 is 0 Å². The molecule has 1 atom stereocenters. The molecule has 2 aromatic carbocycles. The van der Waals surface area contributed by atoms with Crippen LogP contribution in [0.5, 0.6) is 0 Å². The van der Waals surface area contributed by atoms with Gasteiger partial charge in [-0.1, -0.05) is 48.5 Å². The van der Waals surface area contributed by atoms with E-state index in [1.54, 1.807) is 16.8 Å². The van der Waals surface area contributed by atoms with Crippen LogP contribution in [0.25, 0.3) is 0 Å². The van der Waals surface area contributed by atoms with E-state index in [0.29, 0.717) is 7.51 Å². The number of aliphatic carboxylic acids is 1. The van der Waals surface area contributed by atoms with Gasteiger partial charge in [-0.15, -0.1) is 0 Å². The summed E-state index contributed by atoms with van der Waals surface area (Å²) in [5, 5.41) is 9.50. The molecule has 0 aromatic heterocycles. The molecule has 0 aliphatic heterocycles. The largest absolute Gasteiger partial charge is 0.479 e. The third kappa shape index (κ3) is 3.16. The van der Waals surface area contributed by atoms with Gasteiger partial charge in [0.05, 0.1) is 7.51 Å². The zero-order valence-electron chi connectivity index (χ0n) is 10.0. The smallest absolute Gasteiger partial charge is 0.331 e. The van der Waals surface area contributed by atoms with Crippen molar-refractivity contribution in [2.75, 3.05) is 4.67 Å². The van der Waals surface area contributed by atoms with Gasteiger partial charge in [-0.05, 0) is 29.5 Å². The molecular weight excluding hydrogens is 277 g/mol. The van der Waals surface area contributed by atoms with E-state index in [1.165, 1.54) is 0 Å². The van der Waals surface area contributed by atoms with Crippen LogP contribution < -0.4 is 4.67 Å². The highest BCUT2D eigenvalue weighted by molar-refractivity contribution is 7.97. The first-order chi connectivity index (χ1) is 9.24. The summed E-state index contributed by atoms with van der Waals surface area (Å²) in [5.74, 6) is -0.910. The van der Waals surface area contributed by atoms with Crippen molar-refractivity contribution in [1.29, 1.82) is 0 Å². The Labute approximate surface area is 118 Å². The molecule has 2 aromatic rings. The van der Waals surface area contributed by atoms with E-state index in [0.717, 1.165) is 11.3 Å². The van der Waals surface area contributed by atoms with Crippen LogP contribution in [0.4, 0.5) is 5.69 Å². The van der Waals surface area contributed by atoms with Gasteiger partial charge in [0.1, 0.15) is 0 Å². The summed E-state index contributed by atoms with van der Waals surface area (Å²) in [6, 6.07) is 17.7. The Hall–Kier alpha value is -1.77. The van der Waals surface area contributed by atoms with Crippen molar-refractivity contribution in [2.24, 2.45) is 0 Å². The Morgan fingerprint density at radius 1 is 1.05 bits per heavy atom. The number of hydrogen-bond donors (Lipinski definition) is 1. The molecule has 0 aliphatic rings. The topological polar surface area (TPSA) is 40.5 Å². The normalized spacial score (nSPS) is 12.0. The van der Waals surface area contributed by atoms with Crippen LogP contribution in [0.1, 0.15) is 11.6 Å². The molecular formula is C14H12NO2PS. The minimum atomic E-state index is -0.910. The zero-order chi connectivity index (χ0) is 13.7. The van der Waals surface area contributed by atoms with Crippen molar-refractivity contribution in [3.63, 3.8) is 0 Å². The highest BCUT2D eigenvalue weighted by Gasteiger charge is 2.26. The Bertz CT molecular complexity index is 562. The number of rotatable bonds is 5. The molecule has 96 valence electrons. The average Bonchev–Trinajstić information content (AvgIpc) is 2.46. The molecule has 0 radical (unpaired) electrons. The lowest BCUT2D eigenvalue weighted by Gasteiger charge is -2.25. The lowest BCUT2D eigenvalue weighted by Crippen LogP contribution is -2.26. The van der Waals surface area contributed by atoms with Crippen molar-refractivity contribution in [2.45, 2.75) is 6.04 Å². The Morgan fingerprint density at radius 2 is 1.58 bits per heavy atom. The van der Waals surface area contributed by atoms with Crippen molar-refractivity contribution < 1.29 is 9.90 Å². The van der Waals surface area contributed by atoms with Gasteiger partial charge < -0.3 is 5.11 Å². The van der Waals surface area contributed by atoms with Crippen molar-refractivity contribution in [1.82, 2.24) is 0 Å². The molecule has 0 saturated heterocycles. The third-order valence-corrected chi connectivity index (χ3v) is 3.87. The van der Waals surface area contributed by atoms with Crippen LogP contribution in [0.3, 0.4) is 0 Å². The summed E-state index contributed by atoms with van der Waals surface area (Å²) < 4.78 is 1.67. The molecule has 19 heavy (non-hydrogen) atoms. The first-order valence-corrected chi connectivity index (χ1v) is 7.55. The number of benzene rings is 2. The molecule has 0 aliphatic carbocycles. The maximum Gasteiger partial charge on any atom is 0.331 e. The number of carboxylic acids is 1. The van der Waals surface area contributed by atoms with E-state index in [-0.39, 0.29) is 0 Å². The molecule has 5 heteroatoms. The predicted octanol–water partition coefficient (Wildman–Crippen LogP) is 3.64. The van der Waals surface area contributed by atoms with Crippen LogP contribution >= 0.6 is 7.51 Å². The number of hydrogen-bond acceptors (Lipinski definition) is 2. The fourth-order valence-electron chi connectivity index (χ4n) is 1.85. The molecule has 0 fully saturated rings. The summed E-state index contributed by atoms with van der Waals surface area (Å²) in [4.78, 5) is 11.6. The molecule has 2 rings (SSSR count). The standard InChI is InChI=1S/C14H12NO2PS/c16-14(17)13(11-7-3-1-4-8-11)15(18-19)12-9-5-2-6-10-12/h1-10,13H,(H,16,17). The zero-order valence-corrected chi connectivity index (χ0v) is 11.7. The fraction of sp³-hybridized carbons (Fsp3) is 0.0714. The predicted molar refractivity (Wildman–Crippen MR) is 80.0 cm³/mol. The van der Waals surface area contributed by atoms with Gasteiger partial charge in [-0.3, -0.25) is 4.67 Å². The molecule has 3 nitrogen and oxygen atoms in total. The molecule has 0 bridgehead atoms. The number of carbonyl (C=O) groups is 1. The van der Waals surface area contributed by atoms with E-state index in [2.05, 4.69) is 0 Å². The van der Waals surface area contributed by atoms with Gasteiger partial charge in [0.2, 0.25) is 0 Å². The van der Waals surface area contributed by atoms with Crippen LogP contribution in [-0.2, 0) is 16.6 Å². The summed E-state index contributed by atoms with van der Waals surface area (Å²) in [7, 11) is 0.475. The van der Waals surface area contributed by atoms with Crippen LogP contribution in [0.15, 0.2) is 60.7 Å². The Kier molecular flexibility index (Phi) is 4.61. The molecule has 0 saturated carbocycles. The van der Waals surface area contributed by atoms with Gasteiger partial charge in [0.15, 0.2) is 6.04 Å².